The summed E-state index contributed by atoms with van der Waals surface area (Å²) in [4.78, 5) is 12.6. The van der Waals surface area contributed by atoms with Crippen LogP contribution in [-0.4, -0.2) is 12.0 Å². The molecule has 0 aliphatic rings. The number of nitrogens with one attached hydrogen (secondary N) is 1. The molecule has 1 N–H and O–H groups in total. The van der Waals surface area contributed by atoms with Gasteiger partial charge in [-0.2, -0.15) is 0 Å². The van der Waals surface area contributed by atoms with E-state index in [9.17, 15) is 4.79 Å². The summed E-state index contributed by atoms with van der Waals surface area (Å²) in [6.07, 6.45) is -0.575. The molecule has 0 fully saturated rings. The van der Waals surface area contributed by atoms with Gasteiger partial charge in [-0.25, -0.2) is 0 Å². The maximum absolute atomic E-state index is 12.6. The first-order valence-electron chi connectivity index (χ1n) is 8.97. The zero-order valence-corrected chi connectivity index (χ0v) is 15.7. The van der Waals surface area contributed by atoms with Crippen molar-refractivity contribution < 1.29 is 9.53 Å². The number of rotatable bonds is 5. The summed E-state index contributed by atoms with van der Waals surface area (Å²) >= 11 is 0. The second kappa shape index (κ2) is 7.61. The van der Waals surface area contributed by atoms with Crippen molar-refractivity contribution in [1.29, 1.82) is 0 Å². The van der Waals surface area contributed by atoms with Gasteiger partial charge in [0.1, 0.15) is 5.75 Å². The van der Waals surface area contributed by atoms with Gasteiger partial charge in [0.2, 0.25) is 0 Å². The van der Waals surface area contributed by atoms with Crippen LogP contribution in [0.5, 0.6) is 5.75 Å². The lowest BCUT2D eigenvalue weighted by molar-refractivity contribution is -0.127. The van der Waals surface area contributed by atoms with Crippen LogP contribution in [0.3, 0.4) is 0 Å². The number of carbonyl (C=O) groups is 1. The SMILES string of the molecule is Cc1ccc([C@@H](C)NC(=O)[C@@H](C)Oc2cccc3ccccc23)c(C)c1. The van der Waals surface area contributed by atoms with Crippen molar-refractivity contribution >= 4 is 16.7 Å². The zero-order chi connectivity index (χ0) is 18.7. The molecule has 3 aromatic rings. The monoisotopic (exact) mass is 347 g/mol. The molecule has 0 saturated carbocycles. The highest BCUT2D eigenvalue weighted by atomic mass is 16.5. The van der Waals surface area contributed by atoms with Gasteiger partial charge >= 0.3 is 0 Å². The van der Waals surface area contributed by atoms with E-state index >= 15 is 0 Å². The van der Waals surface area contributed by atoms with Crippen LogP contribution >= 0.6 is 0 Å². The Balaban J connectivity index is 1.71. The third-order valence-electron chi connectivity index (χ3n) is 4.67. The number of carbonyl (C=O) groups excluding carboxylic acids is 1. The van der Waals surface area contributed by atoms with Gasteiger partial charge in [-0.15, -0.1) is 0 Å². The molecule has 26 heavy (non-hydrogen) atoms. The van der Waals surface area contributed by atoms with E-state index in [1.54, 1.807) is 6.92 Å². The van der Waals surface area contributed by atoms with Gasteiger partial charge in [0.05, 0.1) is 6.04 Å². The van der Waals surface area contributed by atoms with Crippen LogP contribution < -0.4 is 10.1 Å². The Morgan fingerprint density at radius 2 is 1.69 bits per heavy atom. The molecule has 3 aromatic carbocycles. The normalized spacial score (nSPS) is 13.2. The second-order valence-corrected chi connectivity index (χ2v) is 6.83. The van der Waals surface area contributed by atoms with E-state index in [2.05, 4.69) is 37.4 Å². The molecular weight excluding hydrogens is 322 g/mol. The molecule has 3 nitrogen and oxygen atoms in total. The Labute approximate surface area is 155 Å². The smallest absolute Gasteiger partial charge is 0.261 e. The Kier molecular flexibility index (Phi) is 5.27. The van der Waals surface area contributed by atoms with Gasteiger partial charge in [-0.3, -0.25) is 4.79 Å². The summed E-state index contributed by atoms with van der Waals surface area (Å²) in [5.74, 6) is 0.607. The first-order chi connectivity index (χ1) is 12.5. The van der Waals surface area contributed by atoms with E-state index < -0.39 is 6.10 Å². The molecular formula is C23H25NO2. The van der Waals surface area contributed by atoms with Crippen LogP contribution in [0.4, 0.5) is 0 Å². The highest BCUT2D eigenvalue weighted by Gasteiger charge is 2.19. The van der Waals surface area contributed by atoms with Gasteiger partial charge < -0.3 is 10.1 Å². The van der Waals surface area contributed by atoms with E-state index in [4.69, 9.17) is 4.74 Å². The molecule has 2 atom stereocenters. The Morgan fingerprint density at radius 3 is 2.46 bits per heavy atom. The van der Waals surface area contributed by atoms with E-state index in [0.717, 1.165) is 22.1 Å². The summed E-state index contributed by atoms with van der Waals surface area (Å²) in [7, 11) is 0. The van der Waals surface area contributed by atoms with Crippen molar-refractivity contribution in [2.75, 3.05) is 0 Å². The predicted octanol–water partition coefficient (Wildman–Crippen LogP) is 5.10. The number of hydrogen-bond acceptors (Lipinski definition) is 2. The van der Waals surface area contributed by atoms with Gasteiger partial charge in [0, 0.05) is 5.39 Å². The van der Waals surface area contributed by atoms with E-state index in [1.807, 2.05) is 49.4 Å². The molecule has 0 radical (unpaired) electrons. The van der Waals surface area contributed by atoms with Gasteiger partial charge in [0.25, 0.3) is 5.91 Å². The largest absolute Gasteiger partial charge is 0.480 e. The third kappa shape index (κ3) is 3.88. The first-order valence-corrected chi connectivity index (χ1v) is 8.97. The summed E-state index contributed by atoms with van der Waals surface area (Å²) in [6.45, 7) is 7.92. The van der Waals surface area contributed by atoms with Crippen LogP contribution in [-0.2, 0) is 4.79 Å². The summed E-state index contributed by atoms with van der Waals surface area (Å²) < 4.78 is 5.96. The molecule has 0 spiro atoms. The molecule has 0 bridgehead atoms. The Hall–Kier alpha value is -2.81. The number of benzene rings is 3. The minimum Gasteiger partial charge on any atom is -0.480 e. The number of amides is 1. The van der Waals surface area contributed by atoms with Crippen LogP contribution in [0.2, 0.25) is 0 Å². The second-order valence-electron chi connectivity index (χ2n) is 6.83. The van der Waals surface area contributed by atoms with Crippen molar-refractivity contribution in [3.8, 4) is 5.75 Å². The van der Waals surface area contributed by atoms with E-state index in [0.29, 0.717) is 0 Å². The molecule has 0 aromatic heterocycles. The summed E-state index contributed by atoms with van der Waals surface area (Å²) in [5, 5.41) is 5.17. The Morgan fingerprint density at radius 1 is 0.962 bits per heavy atom. The summed E-state index contributed by atoms with van der Waals surface area (Å²) in [6, 6.07) is 20.1. The molecule has 3 heteroatoms. The molecule has 0 heterocycles. The molecule has 0 aliphatic heterocycles. The van der Waals surface area contributed by atoms with E-state index in [1.165, 1.54) is 11.1 Å². The van der Waals surface area contributed by atoms with Crippen molar-refractivity contribution in [1.82, 2.24) is 5.32 Å². The molecule has 134 valence electrons. The average molecular weight is 347 g/mol. The van der Waals surface area contributed by atoms with Crippen LogP contribution in [0, 0.1) is 13.8 Å². The lowest BCUT2D eigenvalue weighted by Crippen LogP contribution is -2.38. The van der Waals surface area contributed by atoms with Crippen LogP contribution in [0.1, 0.15) is 36.6 Å². The number of ether oxygens (including phenoxy) is 1. The number of aryl methyl sites for hydroxylation is 2. The minimum absolute atomic E-state index is 0.0679. The fraction of sp³-hybridized carbons (Fsp3) is 0.261. The zero-order valence-electron chi connectivity index (χ0n) is 15.7. The van der Waals surface area contributed by atoms with Crippen molar-refractivity contribution in [2.45, 2.75) is 39.8 Å². The topological polar surface area (TPSA) is 38.3 Å². The first kappa shape index (κ1) is 18.0. The van der Waals surface area contributed by atoms with Gasteiger partial charge in [-0.1, -0.05) is 60.2 Å². The highest BCUT2D eigenvalue weighted by Crippen LogP contribution is 2.26. The molecule has 0 unspecified atom stereocenters. The van der Waals surface area contributed by atoms with Crippen LogP contribution in [0.15, 0.2) is 60.7 Å². The third-order valence-corrected chi connectivity index (χ3v) is 4.67. The fourth-order valence-electron chi connectivity index (χ4n) is 3.26. The average Bonchev–Trinajstić information content (AvgIpc) is 2.61. The maximum Gasteiger partial charge on any atom is 0.261 e. The number of fused-ring (bicyclic) bond motifs is 1. The number of hydrogen-bond donors (Lipinski definition) is 1. The van der Waals surface area contributed by atoms with Gasteiger partial charge in [-0.05, 0) is 50.3 Å². The highest BCUT2D eigenvalue weighted by molar-refractivity contribution is 5.89. The lowest BCUT2D eigenvalue weighted by Gasteiger charge is -2.21. The minimum atomic E-state index is -0.575. The lowest BCUT2D eigenvalue weighted by atomic mass is 10.00. The molecule has 1 amide bonds. The fourth-order valence-corrected chi connectivity index (χ4v) is 3.26. The predicted molar refractivity (Wildman–Crippen MR) is 107 cm³/mol. The quantitative estimate of drug-likeness (QED) is 0.697. The van der Waals surface area contributed by atoms with Crippen molar-refractivity contribution in [3.05, 3.63) is 77.4 Å². The van der Waals surface area contributed by atoms with Crippen LogP contribution in [0.25, 0.3) is 10.8 Å². The molecule has 3 rings (SSSR count). The van der Waals surface area contributed by atoms with Crippen molar-refractivity contribution in [3.63, 3.8) is 0 Å². The summed E-state index contributed by atoms with van der Waals surface area (Å²) in [5.41, 5.74) is 3.53. The Bertz CT molecular complexity index is 927. The van der Waals surface area contributed by atoms with E-state index in [-0.39, 0.29) is 11.9 Å². The van der Waals surface area contributed by atoms with Gasteiger partial charge in [0.15, 0.2) is 6.10 Å². The molecule has 0 aliphatic carbocycles. The van der Waals surface area contributed by atoms with Crippen molar-refractivity contribution in [2.24, 2.45) is 0 Å². The standard InChI is InChI=1S/C23H25NO2/c1-15-12-13-20(16(2)14-15)17(3)24-23(25)18(4)26-22-11-7-9-19-8-5-6-10-21(19)22/h5-14,17-18H,1-4H3,(H,24,25)/t17-,18-/m1/s1. The maximum atomic E-state index is 12.6. The molecule has 0 saturated heterocycles.